The maximum atomic E-state index is 13.1. The summed E-state index contributed by atoms with van der Waals surface area (Å²) in [5, 5.41) is 0. The lowest BCUT2D eigenvalue weighted by molar-refractivity contribution is -0.141. The molecular weight excluding hydrogens is 347 g/mol. The molecule has 0 radical (unpaired) electrons. The van der Waals surface area contributed by atoms with Crippen molar-refractivity contribution in [1.29, 1.82) is 0 Å². The molecule has 25 heavy (non-hydrogen) atoms. The molecule has 0 saturated carbocycles. The monoisotopic (exact) mass is 371 g/mol. The zero-order valence-electron chi connectivity index (χ0n) is 15.2. The van der Waals surface area contributed by atoms with E-state index in [1.54, 1.807) is 6.20 Å². The van der Waals surface area contributed by atoms with Crippen LogP contribution in [0.3, 0.4) is 0 Å². The Labute approximate surface area is 147 Å². The van der Waals surface area contributed by atoms with Gasteiger partial charge in [-0.3, -0.25) is 4.98 Å². The van der Waals surface area contributed by atoms with E-state index in [1.807, 2.05) is 19.9 Å². The van der Waals surface area contributed by atoms with Gasteiger partial charge in [0.25, 0.3) is 0 Å². The molecule has 0 bridgehead atoms. The van der Waals surface area contributed by atoms with Gasteiger partial charge < -0.3 is 9.30 Å². The number of hydrogen-bond acceptors (Lipinski definition) is 3. The van der Waals surface area contributed by atoms with Crippen LogP contribution in [0, 0.1) is 13.8 Å². The van der Waals surface area contributed by atoms with Crippen molar-refractivity contribution in [1.82, 2.24) is 14.5 Å². The third kappa shape index (κ3) is 5.40. The van der Waals surface area contributed by atoms with Crippen molar-refractivity contribution < 1.29 is 17.9 Å². The van der Waals surface area contributed by atoms with Crippen LogP contribution < -0.4 is 0 Å². The Hall–Kier alpha value is -1.67. The van der Waals surface area contributed by atoms with E-state index in [4.69, 9.17) is 4.74 Å². The predicted molar refractivity (Wildman–Crippen MR) is 94.0 cm³/mol. The maximum absolute atomic E-state index is 13.1. The number of aromatic nitrogens is 3. The van der Waals surface area contributed by atoms with Gasteiger partial charge in [0.2, 0.25) is 0 Å². The molecule has 0 unspecified atom stereocenters. The van der Waals surface area contributed by atoms with Gasteiger partial charge in [-0.15, -0.1) is 0 Å². The molecular formula is C17H24F3N3OSi. The molecule has 0 fully saturated rings. The SMILES string of the molecule is Cc1cnc(-c2nc(C(F)(F)F)cn2COCC[Si](C)(C)C)c(C)c1. The lowest BCUT2D eigenvalue weighted by Gasteiger charge is -2.16. The molecule has 4 nitrogen and oxygen atoms in total. The van der Waals surface area contributed by atoms with Crippen molar-refractivity contribution in [3.05, 3.63) is 35.3 Å². The third-order valence-corrected chi connectivity index (χ3v) is 5.42. The topological polar surface area (TPSA) is 39.9 Å². The average Bonchev–Trinajstić information content (AvgIpc) is 2.86. The van der Waals surface area contributed by atoms with Gasteiger partial charge in [0.1, 0.15) is 12.4 Å². The number of hydrogen-bond donors (Lipinski definition) is 0. The van der Waals surface area contributed by atoms with Crippen molar-refractivity contribution >= 4 is 8.07 Å². The van der Waals surface area contributed by atoms with E-state index in [-0.39, 0.29) is 12.6 Å². The summed E-state index contributed by atoms with van der Waals surface area (Å²) in [6.45, 7) is 10.9. The summed E-state index contributed by atoms with van der Waals surface area (Å²) in [6.07, 6.45) is -1.89. The van der Waals surface area contributed by atoms with Crippen molar-refractivity contribution in [2.24, 2.45) is 0 Å². The van der Waals surface area contributed by atoms with Crippen LogP contribution in [0.1, 0.15) is 16.8 Å². The molecule has 0 aliphatic carbocycles. The molecule has 0 amide bonds. The normalized spacial score (nSPS) is 12.6. The van der Waals surface area contributed by atoms with E-state index in [1.165, 1.54) is 4.57 Å². The lowest BCUT2D eigenvalue weighted by Crippen LogP contribution is -2.22. The highest BCUT2D eigenvalue weighted by Crippen LogP contribution is 2.31. The van der Waals surface area contributed by atoms with E-state index >= 15 is 0 Å². The van der Waals surface area contributed by atoms with Gasteiger partial charge in [-0.05, 0) is 31.0 Å². The van der Waals surface area contributed by atoms with Crippen LogP contribution in [0.2, 0.25) is 25.7 Å². The standard InChI is InChI=1S/C17H24F3N3OSi/c1-12-8-13(2)15(21-9-12)16-22-14(17(18,19)20)10-23(16)11-24-6-7-25(3,4)5/h8-10H,6-7,11H2,1-5H3. The highest BCUT2D eigenvalue weighted by atomic mass is 28.3. The number of pyridine rings is 1. The van der Waals surface area contributed by atoms with Crippen LogP contribution in [0.5, 0.6) is 0 Å². The van der Waals surface area contributed by atoms with Gasteiger partial charge in [0.05, 0.1) is 0 Å². The summed E-state index contributed by atoms with van der Waals surface area (Å²) in [5.41, 5.74) is 1.23. The first kappa shape index (κ1) is 19.6. The number of nitrogens with zero attached hydrogens (tertiary/aromatic N) is 3. The highest BCUT2D eigenvalue weighted by Gasteiger charge is 2.35. The molecule has 0 aliphatic heterocycles. The Morgan fingerprint density at radius 3 is 2.44 bits per heavy atom. The van der Waals surface area contributed by atoms with E-state index in [0.717, 1.165) is 23.4 Å². The van der Waals surface area contributed by atoms with Crippen LogP contribution in [-0.4, -0.2) is 29.2 Å². The summed E-state index contributed by atoms with van der Waals surface area (Å²) < 4.78 is 46.2. The van der Waals surface area contributed by atoms with Crippen LogP contribution in [0.15, 0.2) is 18.5 Å². The molecule has 0 N–H and O–H groups in total. The molecule has 2 rings (SSSR count). The van der Waals surface area contributed by atoms with E-state index < -0.39 is 19.9 Å². The molecule has 2 heterocycles. The first-order chi connectivity index (χ1) is 11.5. The van der Waals surface area contributed by atoms with E-state index in [0.29, 0.717) is 12.3 Å². The molecule has 0 spiro atoms. The smallest absolute Gasteiger partial charge is 0.361 e. The molecule has 0 aromatic carbocycles. The average molecular weight is 371 g/mol. The maximum Gasteiger partial charge on any atom is 0.434 e. The fourth-order valence-corrected chi connectivity index (χ4v) is 3.09. The number of rotatable bonds is 6. The van der Waals surface area contributed by atoms with E-state index in [9.17, 15) is 13.2 Å². The molecule has 8 heteroatoms. The number of alkyl halides is 3. The number of ether oxygens (including phenoxy) is 1. The third-order valence-electron chi connectivity index (χ3n) is 3.72. The molecule has 0 aliphatic rings. The summed E-state index contributed by atoms with van der Waals surface area (Å²) in [5.74, 6) is 0.179. The van der Waals surface area contributed by atoms with Gasteiger partial charge in [-0.2, -0.15) is 13.2 Å². The number of aryl methyl sites for hydroxylation is 2. The van der Waals surface area contributed by atoms with Crippen LogP contribution >= 0.6 is 0 Å². The van der Waals surface area contributed by atoms with Crippen molar-refractivity contribution in [3.63, 3.8) is 0 Å². The van der Waals surface area contributed by atoms with Gasteiger partial charge in [-0.25, -0.2) is 4.98 Å². The fraction of sp³-hybridized carbons (Fsp3) is 0.529. The number of imidazole rings is 1. The fourth-order valence-electron chi connectivity index (χ4n) is 2.33. The first-order valence-electron chi connectivity index (χ1n) is 8.13. The number of halogens is 3. The Morgan fingerprint density at radius 1 is 1.20 bits per heavy atom. The minimum Gasteiger partial charge on any atom is -0.361 e. The second-order valence-electron chi connectivity index (χ2n) is 7.44. The molecule has 0 saturated heterocycles. The molecule has 2 aromatic heterocycles. The Kier molecular flexibility index (Phi) is 5.73. The lowest BCUT2D eigenvalue weighted by atomic mass is 10.1. The van der Waals surface area contributed by atoms with Gasteiger partial charge in [-0.1, -0.05) is 25.7 Å². The van der Waals surface area contributed by atoms with Crippen molar-refractivity contribution in [2.45, 2.75) is 52.4 Å². The van der Waals surface area contributed by atoms with Crippen LogP contribution in [0.4, 0.5) is 13.2 Å². The molecule has 138 valence electrons. The quantitative estimate of drug-likeness (QED) is 0.536. The van der Waals surface area contributed by atoms with E-state index in [2.05, 4.69) is 29.6 Å². The van der Waals surface area contributed by atoms with Crippen LogP contribution in [-0.2, 0) is 17.6 Å². The zero-order valence-corrected chi connectivity index (χ0v) is 16.2. The molecule has 2 aromatic rings. The van der Waals surface area contributed by atoms with Gasteiger partial charge >= 0.3 is 6.18 Å². The first-order valence-corrected chi connectivity index (χ1v) is 11.8. The molecule has 0 atom stereocenters. The second kappa shape index (κ2) is 7.29. The second-order valence-corrected chi connectivity index (χ2v) is 13.1. The highest BCUT2D eigenvalue weighted by molar-refractivity contribution is 6.76. The Balaban J connectivity index is 2.29. The zero-order chi connectivity index (χ0) is 18.8. The minimum atomic E-state index is -4.50. The largest absolute Gasteiger partial charge is 0.434 e. The summed E-state index contributed by atoms with van der Waals surface area (Å²) in [7, 11) is -1.26. The van der Waals surface area contributed by atoms with Crippen LogP contribution in [0.25, 0.3) is 11.5 Å². The Morgan fingerprint density at radius 2 is 1.88 bits per heavy atom. The Bertz CT molecular complexity index is 736. The van der Waals surface area contributed by atoms with Crippen molar-refractivity contribution in [3.8, 4) is 11.5 Å². The van der Waals surface area contributed by atoms with Crippen molar-refractivity contribution in [2.75, 3.05) is 6.61 Å². The minimum absolute atomic E-state index is 0.0257. The summed E-state index contributed by atoms with van der Waals surface area (Å²) in [4.78, 5) is 8.05. The van der Waals surface area contributed by atoms with Gasteiger partial charge in [0.15, 0.2) is 11.5 Å². The summed E-state index contributed by atoms with van der Waals surface area (Å²) in [6, 6.07) is 2.83. The predicted octanol–water partition coefficient (Wildman–Crippen LogP) is 4.89. The van der Waals surface area contributed by atoms with Gasteiger partial charge in [0, 0.05) is 27.1 Å². The summed E-state index contributed by atoms with van der Waals surface area (Å²) >= 11 is 0.